The maximum atomic E-state index is 13.1. The summed E-state index contributed by atoms with van der Waals surface area (Å²) in [5.74, 6) is 2.53. The molecule has 0 radical (unpaired) electrons. The summed E-state index contributed by atoms with van der Waals surface area (Å²) < 4.78 is 32.4. The molecule has 0 unspecified atom stereocenters. The topological polar surface area (TPSA) is 68.4 Å². The number of pyridine rings is 1. The Hall–Kier alpha value is -4.66. The predicted molar refractivity (Wildman–Crippen MR) is 160 cm³/mol. The van der Waals surface area contributed by atoms with E-state index in [2.05, 4.69) is 64.8 Å². The molecule has 0 fully saturated rings. The first-order chi connectivity index (χ1) is 19.6. The maximum Gasteiger partial charge on any atom is 0.394 e. The first kappa shape index (κ1) is 27.9. The molecule has 0 aliphatic heterocycles. The van der Waals surface area contributed by atoms with E-state index in [1.807, 2.05) is 37.3 Å². The molecule has 9 heteroatoms. The summed E-state index contributed by atoms with van der Waals surface area (Å²) in [7, 11) is 0. The van der Waals surface area contributed by atoms with Crippen LogP contribution in [0.1, 0.15) is 46.1 Å². The molecule has 2 heterocycles. The Morgan fingerprint density at radius 3 is 2.49 bits per heavy atom. The van der Waals surface area contributed by atoms with Gasteiger partial charge in [0.1, 0.15) is 17.9 Å². The second-order valence-electron chi connectivity index (χ2n) is 10.1. The zero-order chi connectivity index (χ0) is 29.1. The number of ether oxygens (including phenoxy) is 1. The molecular weight excluding hydrogens is 522 g/mol. The van der Waals surface area contributed by atoms with Crippen LogP contribution in [0.25, 0.3) is 28.0 Å². The van der Waals surface area contributed by atoms with Crippen molar-refractivity contribution in [3.05, 3.63) is 90.8 Å². The number of nitrogens with zero attached hydrogens (tertiary/aromatic N) is 6. The Balaban J connectivity index is 1.36. The molecule has 0 N–H and O–H groups in total. The van der Waals surface area contributed by atoms with Crippen LogP contribution >= 0.6 is 0 Å². The minimum absolute atomic E-state index is 0.0743. The summed E-state index contributed by atoms with van der Waals surface area (Å²) in [6, 6.07) is 24.4. The lowest BCUT2D eigenvalue weighted by molar-refractivity contribution is -0.158. The molecule has 7 nitrogen and oxygen atoms in total. The van der Waals surface area contributed by atoms with Crippen molar-refractivity contribution >= 4 is 28.2 Å². The van der Waals surface area contributed by atoms with Crippen molar-refractivity contribution in [1.29, 1.82) is 0 Å². The molecule has 0 spiro atoms. The smallest absolute Gasteiger partial charge is 0.394 e. The standard InChI is InChI=1S/C32H32F2N6O/c1-6-39(29-10-8-7-9-27(29)21(2)3)22(4)36-30-18-12-23-19-24(11-17-28(23)37-30)31-35-20-40(38-31)25-13-15-26(16-14-25)41-32(5,33)34/h7-21H,6H2,1-5H3/b36-22+. The van der Waals surface area contributed by atoms with Crippen LogP contribution in [-0.2, 0) is 0 Å². The van der Waals surface area contributed by atoms with Gasteiger partial charge < -0.3 is 9.64 Å². The average Bonchev–Trinajstić information content (AvgIpc) is 3.43. The van der Waals surface area contributed by atoms with Crippen LogP contribution in [0.5, 0.6) is 5.75 Å². The normalized spacial score (nSPS) is 12.2. The third-order valence-corrected chi connectivity index (χ3v) is 6.66. The number of hydrogen-bond acceptors (Lipinski definition) is 5. The van der Waals surface area contributed by atoms with Crippen LogP contribution in [0, 0.1) is 0 Å². The molecule has 0 saturated heterocycles. The lowest BCUT2D eigenvalue weighted by atomic mass is 10.0. The van der Waals surface area contributed by atoms with E-state index in [9.17, 15) is 8.78 Å². The van der Waals surface area contributed by atoms with Crippen molar-refractivity contribution in [3.63, 3.8) is 0 Å². The maximum absolute atomic E-state index is 13.1. The van der Waals surface area contributed by atoms with Gasteiger partial charge in [0.25, 0.3) is 0 Å². The molecule has 0 saturated carbocycles. The predicted octanol–water partition coefficient (Wildman–Crippen LogP) is 8.17. The van der Waals surface area contributed by atoms with Crippen molar-refractivity contribution in [2.24, 2.45) is 4.99 Å². The number of halogens is 2. The number of rotatable bonds is 8. The highest BCUT2D eigenvalue weighted by atomic mass is 19.3. The van der Waals surface area contributed by atoms with Gasteiger partial charge in [0, 0.05) is 30.1 Å². The van der Waals surface area contributed by atoms with Gasteiger partial charge in [-0.25, -0.2) is 19.6 Å². The fourth-order valence-electron chi connectivity index (χ4n) is 4.73. The number of para-hydroxylation sites is 1. The van der Waals surface area contributed by atoms with Crippen LogP contribution in [0.15, 0.2) is 90.2 Å². The lowest BCUT2D eigenvalue weighted by Crippen LogP contribution is -2.29. The van der Waals surface area contributed by atoms with Gasteiger partial charge in [-0.2, -0.15) is 8.78 Å². The van der Waals surface area contributed by atoms with Crippen molar-refractivity contribution in [2.75, 3.05) is 11.4 Å². The molecule has 5 aromatic rings. The molecule has 5 rings (SSSR count). The van der Waals surface area contributed by atoms with Gasteiger partial charge in [0.15, 0.2) is 11.6 Å². The van der Waals surface area contributed by atoms with Gasteiger partial charge in [-0.3, -0.25) is 0 Å². The lowest BCUT2D eigenvalue weighted by Gasteiger charge is -2.26. The van der Waals surface area contributed by atoms with Crippen molar-refractivity contribution in [1.82, 2.24) is 19.7 Å². The highest BCUT2D eigenvalue weighted by Crippen LogP contribution is 2.29. The number of aromatic nitrogens is 4. The van der Waals surface area contributed by atoms with E-state index in [1.165, 1.54) is 17.7 Å². The zero-order valence-corrected chi connectivity index (χ0v) is 23.7. The third-order valence-electron chi connectivity index (χ3n) is 6.66. The van der Waals surface area contributed by atoms with E-state index in [1.54, 1.807) is 23.1 Å². The molecule has 0 atom stereocenters. The first-order valence-corrected chi connectivity index (χ1v) is 13.5. The average molecular weight is 555 g/mol. The van der Waals surface area contributed by atoms with Crippen molar-refractivity contribution in [3.8, 4) is 22.8 Å². The Kier molecular flexibility index (Phi) is 7.79. The number of fused-ring (bicyclic) bond motifs is 1. The van der Waals surface area contributed by atoms with E-state index >= 15 is 0 Å². The Morgan fingerprint density at radius 2 is 1.78 bits per heavy atom. The van der Waals surface area contributed by atoms with E-state index in [0.717, 1.165) is 34.5 Å². The van der Waals surface area contributed by atoms with Gasteiger partial charge in [-0.1, -0.05) is 32.0 Å². The second kappa shape index (κ2) is 11.4. The number of benzene rings is 3. The van der Waals surface area contributed by atoms with Gasteiger partial charge in [-0.15, -0.1) is 5.10 Å². The number of alkyl halides is 2. The van der Waals surface area contributed by atoms with Gasteiger partial charge in [0.2, 0.25) is 0 Å². The van der Waals surface area contributed by atoms with E-state index in [4.69, 9.17) is 9.98 Å². The molecule has 0 aliphatic rings. The fraction of sp³-hybridized carbons (Fsp3) is 0.250. The third kappa shape index (κ3) is 6.40. The molecular formula is C32H32F2N6O. The Morgan fingerprint density at radius 1 is 1.02 bits per heavy atom. The molecule has 2 aromatic heterocycles. The SMILES string of the molecule is CCN(/C(C)=N/c1ccc2cc(-c3ncn(-c4ccc(OC(C)(F)F)cc4)n3)ccc2n1)c1ccccc1C(C)C. The summed E-state index contributed by atoms with van der Waals surface area (Å²) >= 11 is 0. The summed E-state index contributed by atoms with van der Waals surface area (Å²) in [6.45, 7) is 10.0. The van der Waals surface area contributed by atoms with E-state index in [-0.39, 0.29) is 5.75 Å². The summed E-state index contributed by atoms with van der Waals surface area (Å²) in [4.78, 5) is 16.3. The quantitative estimate of drug-likeness (QED) is 0.143. The Bertz CT molecular complexity index is 1690. The van der Waals surface area contributed by atoms with Crippen LogP contribution in [0.4, 0.5) is 20.3 Å². The zero-order valence-electron chi connectivity index (χ0n) is 23.7. The van der Waals surface area contributed by atoms with Crippen LogP contribution in [0.2, 0.25) is 0 Å². The highest BCUT2D eigenvalue weighted by molar-refractivity contribution is 5.98. The van der Waals surface area contributed by atoms with E-state index < -0.39 is 6.11 Å². The van der Waals surface area contributed by atoms with E-state index in [0.29, 0.717) is 30.2 Å². The van der Waals surface area contributed by atoms with Crippen molar-refractivity contribution < 1.29 is 13.5 Å². The molecule has 41 heavy (non-hydrogen) atoms. The summed E-state index contributed by atoms with van der Waals surface area (Å²) in [5.41, 5.74) is 4.77. The van der Waals surface area contributed by atoms with Gasteiger partial charge >= 0.3 is 6.11 Å². The molecule has 0 amide bonds. The molecule has 0 bridgehead atoms. The number of amidine groups is 1. The largest absolute Gasteiger partial charge is 0.433 e. The van der Waals surface area contributed by atoms with Crippen LogP contribution < -0.4 is 9.64 Å². The first-order valence-electron chi connectivity index (χ1n) is 13.5. The van der Waals surface area contributed by atoms with Gasteiger partial charge in [0.05, 0.1) is 11.2 Å². The monoisotopic (exact) mass is 554 g/mol. The highest BCUT2D eigenvalue weighted by Gasteiger charge is 2.23. The van der Waals surface area contributed by atoms with Crippen LogP contribution in [-0.4, -0.2) is 38.2 Å². The second-order valence-corrected chi connectivity index (χ2v) is 10.1. The van der Waals surface area contributed by atoms with Gasteiger partial charge in [-0.05, 0) is 86.0 Å². The van der Waals surface area contributed by atoms with Crippen LogP contribution in [0.3, 0.4) is 0 Å². The number of hydrogen-bond donors (Lipinski definition) is 0. The minimum Gasteiger partial charge on any atom is -0.433 e. The molecule has 210 valence electrons. The number of aliphatic imine (C=N–C) groups is 1. The summed E-state index contributed by atoms with van der Waals surface area (Å²) in [5, 5.41) is 5.50. The Labute approximate surface area is 238 Å². The molecule has 0 aliphatic carbocycles. The minimum atomic E-state index is -3.24. The van der Waals surface area contributed by atoms with Crippen molar-refractivity contribution in [2.45, 2.75) is 46.6 Å². The summed E-state index contributed by atoms with van der Waals surface area (Å²) in [6.07, 6.45) is -1.66. The fourth-order valence-corrected chi connectivity index (χ4v) is 4.73. The molecule has 3 aromatic carbocycles. The number of anilines is 1.